The zero-order valence-corrected chi connectivity index (χ0v) is 12.9. The van der Waals surface area contributed by atoms with Gasteiger partial charge in [0.15, 0.2) is 0 Å². The van der Waals surface area contributed by atoms with Gasteiger partial charge in [-0.2, -0.15) is 0 Å². The van der Waals surface area contributed by atoms with Crippen molar-refractivity contribution < 1.29 is 0 Å². The molecule has 1 aromatic carbocycles. The highest BCUT2D eigenvalue weighted by Gasteiger charge is 2.33. The first-order valence-corrected chi connectivity index (χ1v) is 8.17. The van der Waals surface area contributed by atoms with Crippen LogP contribution in [0, 0.1) is 0 Å². The van der Waals surface area contributed by atoms with Crippen LogP contribution in [0.2, 0.25) is 0 Å². The maximum atomic E-state index is 6.01. The van der Waals surface area contributed by atoms with E-state index in [1.807, 2.05) is 0 Å². The first kappa shape index (κ1) is 14.1. The highest BCUT2D eigenvalue weighted by Crippen LogP contribution is 2.41. The molecule has 3 rings (SSSR count). The van der Waals surface area contributed by atoms with Crippen molar-refractivity contribution in [3.05, 3.63) is 35.4 Å². The second-order valence-electron chi connectivity index (χ2n) is 7.34. The average Bonchev–Trinajstić information content (AvgIpc) is 2.45. The molecule has 1 atom stereocenters. The minimum absolute atomic E-state index is 0.323. The zero-order chi connectivity index (χ0) is 14.2. The van der Waals surface area contributed by atoms with Crippen LogP contribution in [0.4, 0.5) is 0 Å². The van der Waals surface area contributed by atoms with Gasteiger partial charge in [-0.1, -0.05) is 38.1 Å². The monoisotopic (exact) mass is 272 g/mol. The highest BCUT2D eigenvalue weighted by molar-refractivity contribution is 5.38. The molecule has 1 unspecified atom stereocenters. The van der Waals surface area contributed by atoms with Crippen molar-refractivity contribution in [3.63, 3.8) is 0 Å². The summed E-state index contributed by atoms with van der Waals surface area (Å²) < 4.78 is 0. The minimum Gasteiger partial charge on any atom is -0.328 e. The number of hydrogen-bond donors (Lipinski definition) is 2. The molecule has 2 nitrogen and oxygen atoms in total. The van der Waals surface area contributed by atoms with E-state index in [9.17, 15) is 0 Å². The summed E-state index contributed by atoms with van der Waals surface area (Å²) in [6.45, 7) is 4.75. The van der Waals surface area contributed by atoms with Gasteiger partial charge in [0.05, 0.1) is 0 Å². The first-order chi connectivity index (χ1) is 9.56. The normalized spacial score (nSPS) is 32.6. The van der Waals surface area contributed by atoms with Crippen LogP contribution in [0.1, 0.15) is 69.5 Å². The maximum Gasteiger partial charge on any atom is 0.0325 e. The fourth-order valence-electron chi connectivity index (χ4n) is 3.96. The van der Waals surface area contributed by atoms with Gasteiger partial charge in [-0.15, -0.1) is 0 Å². The van der Waals surface area contributed by atoms with Gasteiger partial charge in [0.2, 0.25) is 0 Å². The molecule has 2 heteroatoms. The summed E-state index contributed by atoms with van der Waals surface area (Å²) in [7, 11) is 0. The molecule has 2 aliphatic carbocycles. The summed E-state index contributed by atoms with van der Waals surface area (Å²) in [5, 5.41) is 3.92. The molecule has 0 heterocycles. The van der Waals surface area contributed by atoms with Gasteiger partial charge in [0.25, 0.3) is 0 Å². The van der Waals surface area contributed by atoms with Gasteiger partial charge >= 0.3 is 0 Å². The number of nitrogens with two attached hydrogens (primary N) is 1. The van der Waals surface area contributed by atoms with Gasteiger partial charge < -0.3 is 11.1 Å². The third-order valence-electron chi connectivity index (χ3n) is 5.33. The van der Waals surface area contributed by atoms with Crippen LogP contribution in [0.25, 0.3) is 0 Å². The Labute approximate surface area is 123 Å². The van der Waals surface area contributed by atoms with Crippen LogP contribution in [-0.4, -0.2) is 12.1 Å². The van der Waals surface area contributed by atoms with Crippen molar-refractivity contribution in [1.82, 2.24) is 5.32 Å². The third-order valence-corrected chi connectivity index (χ3v) is 5.33. The summed E-state index contributed by atoms with van der Waals surface area (Å²) in [5.74, 6) is 0. The van der Waals surface area contributed by atoms with Crippen molar-refractivity contribution in [2.75, 3.05) is 0 Å². The summed E-state index contributed by atoms with van der Waals surface area (Å²) in [6.07, 6.45) is 7.36. The number of nitrogens with one attached hydrogen (secondary N) is 1. The number of rotatable bonds is 2. The van der Waals surface area contributed by atoms with Crippen LogP contribution >= 0.6 is 0 Å². The summed E-state index contributed by atoms with van der Waals surface area (Å²) in [4.78, 5) is 0. The Hall–Kier alpha value is -0.860. The van der Waals surface area contributed by atoms with Crippen molar-refractivity contribution in [3.8, 4) is 0 Å². The number of fused-ring (bicyclic) bond motifs is 1. The van der Waals surface area contributed by atoms with Gasteiger partial charge in [0, 0.05) is 18.1 Å². The Morgan fingerprint density at radius 1 is 1.05 bits per heavy atom. The Kier molecular flexibility index (Phi) is 3.87. The Morgan fingerprint density at radius 2 is 1.75 bits per heavy atom. The SMILES string of the molecule is CC1(C)CCC(NC2CCC(N)CC2)c2ccccc21. The van der Waals surface area contributed by atoms with E-state index in [1.54, 1.807) is 0 Å². The van der Waals surface area contributed by atoms with E-state index in [0.29, 0.717) is 23.5 Å². The molecule has 110 valence electrons. The topological polar surface area (TPSA) is 38.0 Å². The third kappa shape index (κ3) is 2.77. The molecule has 3 N–H and O–H groups in total. The standard InChI is InChI=1S/C18H28N2/c1-18(2)12-11-17(15-5-3-4-6-16(15)18)20-14-9-7-13(19)8-10-14/h3-6,13-14,17,20H,7-12,19H2,1-2H3. The summed E-state index contributed by atoms with van der Waals surface area (Å²) in [6, 6.07) is 10.6. The predicted octanol–water partition coefficient (Wildman–Crippen LogP) is 3.66. The van der Waals surface area contributed by atoms with Crippen LogP contribution in [0.15, 0.2) is 24.3 Å². The average molecular weight is 272 g/mol. The van der Waals surface area contributed by atoms with Gasteiger partial charge in [-0.05, 0) is 55.1 Å². The predicted molar refractivity (Wildman–Crippen MR) is 84.8 cm³/mol. The molecule has 0 amide bonds. The van der Waals surface area contributed by atoms with Gasteiger partial charge in [-0.3, -0.25) is 0 Å². The first-order valence-electron chi connectivity index (χ1n) is 8.17. The van der Waals surface area contributed by atoms with Crippen molar-refractivity contribution in [1.29, 1.82) is 0 Å². The molecule has 1 saturated carbocycles. The van der Waals surface area contributed by atoms with E-state index in [1.165, 1.54) is 49.7 Å². The molecule has 0 bridgehead atoms. The molecule has 0 radical (unpaired) electrons. The quantitative estimate of drug-likeness (QED) is 0.862. The lowest BCUT2D eigenvalue weighted by Gasteiger charge is -2.40. The highest BCUT2D eigenvalue weighted by atomic mass is 15.0. The number of hydrogen-bond acceptors (Lipinski definition) is 2. The van der Waals surface area contributed by atoms with E-state index in [0.717, 1.165) is 0 Å². The van der Waals surface area contributed by atoms with Crippen LogP contribution in [-0.2, 0) is 5.41 Å². The van der Waals surface area contributed by atoms with Crippen molar-refractivity contribution >= 4 is 0 Å². The van der Waals surface area contributed by atoms with E-state index in [2.05, 4.69) is 43.4 Å². The fourth-order valence-corrected chi connectivity index (χ4v) is 3.96. The molecule has 0 spiro atoms. The molecule has 1 fully saturated rings. The van der Waals surface area contributed by atoms with Gasteiger partial charge in [0.1, 0.15) is 0 Å². The van der Waals surface area contributed by atoms with Crippen molar-refractivity contribution in [2.24, 2.45) is 5.73 Å². The van der Waals surface area contributed by atoms with Crippen molar-refractivity contribution in [2.45, 2.75) is 75.9 Å². The van der Waals surface area contributed by atoms with E-state index < -0.39 is 0 Å². The smallest absolute Gasteiger partial charge is 0.0325 e. The van der Waals surface area contributed by atoms with Crippen LogP contribution in [0.3, 0.4) is 0 Å². The molecular formula is C18H28N2. The van der Waals surface area contributed by atoms with E-state index >= 15 is 0 Å². The largest absolute Gasteiger partial charge is 0.328 e. The second-order valence-corrected chi connectivity index (χ2v) is 7.34. The molecular weight excluding hydrogens is 244 g/mol. The molecule has 0 aliphatic heterocycles. The van der Waals surface area contributed by atoms with Gasteiger partial charge in [-0.25, -0.2) is 0 Å². The lowest BCUT2D eigenvalue weighted by atomic mass is 9.71. The molecule has 0 aromatic heterocycles. The zero-order valence-electron chi connectivity index (χ0n) is 12.9. The minimum atomic E-state index is 0.323. The van der Waals surface area contributed by atoms with Crippen LogP contribution in [0.5, 0.6) is 0 Å². The molecule has 2 aliphatic rings. The maximum absolute atomic E-state index is 6.01. The van der Waals surface area contributed by atoms with Crippen LogP contribution < -0.4 is 11.1 Å². The van der Waals surface area contributed by atoms with E-state index in [-0.39, 0.29) is 0 Å². The fraction of sp³-hybridized carbons (Fsp3) is 0.667. The summed E-state index contributed by atoms with van der Waals surface area (Å²) >= 11 is 0. The Morgan fingerprint density at radius 3 is 2.50 bits per heavy atom. The molecule has 1 aromatic rings. The Balaban J connectivity index is 1.75. The Bertz CT molecular complexity index is 458. The summed E-state index contributed by atoms with van der Waals surface area (Å²) in [5.41, 5.74) is 9.40. The molecule has 0 saturated heterocycles. The second kappa shape index (κ2) is 5.50. The lowest BCUT2D eigenvalue weighted by molar-refractivity contribution is 0.282. The van der Waals surface area contributed by atoms with E-state index in [4.69, 9.17) is 5.73 Å². The lowest BCUT2D eigenvalue weighted by Crippen LogP contribution is -2.41. The molecule has 20 heavy (non-hydrogen) atoms. The number of benzene rings is 1.